The fourth-order valence-electron chi connectivity index (χ4n) is 3.16. The number of thiazole rings is 1. The molecule has 0 bridgehead atoms. The van der Waals surface area contributed by atoms with Crippen LogP contribution < -0.4 is 10.1 Å². The van der Waals surface area contributed by atoms with Gasteiger partial charge < -0.3 is 10.1 Å². The van der Waals surface area contributed by atoms with Crippen molar-refractivity contribution in [1.82, 2.24) is 14.8 Å². The molecule has 1 aromatic heterocycles. The van der Waals surface area contributed by atoms with Crippen molar-refractivity contribution in [2.75, 3.05) is 51.2 Å². The van der Waals surface area contributed by atoms with Crippen molar-refractivity contribution in [1.29, 1.82) is 0 Å². The first-order chi connectivity index (χ1) is 13.4. The number of anilines is 1. The maximum absolute atomic E-state index is 12.1. The molecule has 2 heterocycles. The summed E-state index contributed by atoms with van der Waals surface area (Å²) in [6.45, 7) is 12.3. The van der Waals surface area contributed by atoms with Crippen LogP contribution in [-0.2, 0) is 10.2 Å². The van der Waals surface area contributed by atoms with Gasteiger partial charge in [0.1, 0.15) is 12.4 Å². The van der Waals surface area contributed by atoms with Gasteiger partial charge in [-0.3, -0.25) is 14.6 Å². The summed E-state index contributed by atoms with van der Waals surface area (Å²) >= 11 is 1.44. The van der Waals surface area contributed by atoms with E-state index in [1.807, 2.05) is 5.38 Å². The molecule has 1 aromatic carbocycles. The number of benzene rings is 1. The van der Waals surface area contributed by atoms with E-state index in [9.17, 15) is 4.79 Å². The number of hydrogen-bond donors (Lipinski definition) is 1. The van der Waals surface area contributed by atoms with E-state index >= 15 is 0 Å². The van der Waals surface area contributed by atoms with Crippen LogP contribution in [0, 0.1) is 0 Å². The maximum atomic E-state index is 12.1. The highest BCUT2D eigenvalue weighted by molar-refractivity contribution is 7.13. The average molecular weight is 403 g/mol. The summed E-state index contributed by atoms with van der Waals surface area (Å²) in [7, 11) is 0. The Morgan fingerprint density at radius 3 is 2.43 bits per heavy atom. The van der Waals surface area contributed by atoms with Crippen LogP contribution in [-0.4, -0.2) is 66.6 Å². The lowest BCUT2D eigenvalue weighted by atomic mass is 9.87. The molecule has 152 valence electrons. The molecule has 1 N–H and O–H groups in total. The molecular formula is C21H30N4O2S. The number of amides is 1. The summed E-state index contributed by atoms with van der Waals surface area (Å²) in [5.41, 5.74) is 1.48. The van der Waals surface area contributed by atoms with Crippen molar-refractivity contribution in [3.8, 4) is 5.75 Å². The first-order valence-electron chi connectivity index (χ1n) is 9.77. The van der Waals surface area contributed by atoms with Gasteiger partial charge in [0.2, 0.25) is 5.91 Å². The largest absolute Gasteiger partial charge is 0.492 e. The van der Waals surface area contributed by atoms with Crippen molar-refractivity contribution < 1.29 is 9.53 Å². The molecule has 6 nitrogen and oxygen atoms in total. The smallest absolute Gasteiger partial charge is 0.240 e. The summed E-state index contributed by atoms with van der Waals surface area (Å²) in [5.74, 6) is 0.927. The fraction of sp³-hybridized carbons (Fsp3) is 0.524. The molecule has 2 aromatic rings. The van der Waals surface area contributed by atoms with E-state index in [1.165, 1.54) is 16.9 Å². The zero-order chi connectivity index (χ0) is 20.0. The minimum absolute atomic E-state index is 0.00503. The van der Waals surface area contributed by atoms with Gasteiger partial charge in [-0.25, -0.2) is 4.98 Å². The second kappa shape index (κ2) is 9.49. The molecule has 1 fully saturated rings. The van der Waals surface area contributed by atoms with Crippen LogP contribution in [0.25, 0.3) is 0 Å². The topological polar surface area (TPSA) is 57.7 Å². The van der Waals surface area contributed by atoms with E-state index in [1.54, 1.807) is 6.20 Å². The Morgan fingerprint density at radius 1 is 1.14 bits per heavy atom. The van der Waals surface area contributed by atoms with E-state index in [0.717, 1.165) is 38.5 Å². The molecule has 7 heteroatoms. The standard InChI is InChI=1S/C21H30N4O2S/c1-21(2,3)17-4-6-18(7-5-17)27-14-13-24-9-11-25(12-10-24)16-19(26)23-20-22-8-15-28-20/h4-8,15H,9-14,16H2,1-3H3,(H,22,23,26). The zero-order valence-corrected chi connectivity index (χ0v) is 17.8. The first-order valence-corrected chi connectivity index (χ1v) is 10.7. The summed E-state index contributed by atoms with van der Waals surface area (Å²) in [6, 6.07) is 8.40. The van der Waals surface area contributed by atoms with Gasteiger partial charge in [0.25, 0.3) is 0 Å². The van der Waals surface area contributed by atoms with Crippen molar-refractivity contribution in [3.63, 3.8) is 0 Å². The third-order valence-corrected chi connectivity index (χ3v) is 5.60. The van der Waals surface area contributed by atoms with Crippen LogP contribution in [0.2, 0.25) is 0 Å². The highest BCUT2D eigenvalue weighted by Crippen LogP contribution is 2.24. The number of ether oxygens (including phenoxy) is 1. The first kappa shape index (κ1) is 20.8. The Hall–Kier alpha value is -1.96. The minimum atomic E-state index is 0.00503. The Labute approximate surface area is 171 Å². The molecule has 0 unspecified atom stereocenters. The van der Waals surface area contributed by atoms with E-state index in [4.69, 9.17) is 4.74 Å². The second-order valence-corrected chi connectivity index (χ2v) is 9.02. The third-order valence-electron chi connectivity index (χ3n) is 4.91. The predicted octanol–water partition coefficient (Wildman–Crippen LogP) is 3.08. The van der Waals surface area contributed by atoms with Crippen molar-refractivity contribution in [2.24, 2.45) is 0 Å². The van der Waals surface area contributed by atoms with Gasteiger partial charge in [-0.05, 0) is 23.1 Å². The van der Waals surface area contributed by atoms with Crippen LogP contribution in [0.15, 0.2) is 35.8 Å². The quantitative estimate of drug-likeness (QED) is 0.771. The van der Waals surface area contributed by atoms with E-state index in [2.05, 4.69) is 65.1 Å². The van der Waals surface area contributed by atoms with Gasteiger partial charge in [-0.1, -0.05) is 32.9 Å². The van der Waals surface area contributed by atoms with Crippen molar-refractivity contribution >= 4 is 22.4 Å². The molecule has 3 rings (SSSR count). The van der Waals surface area contributed by atoms with Gasteiger partial charge in [0.15, 0.2) is 5.13 Å². The number of aromatic nitrogens is 1. The second-order valence-electron chi connectivity index (χ2n) is 8.13. The minimum Gasteiger partial charge on any atom is -0.492 e. The highest BCUT2D eigenvalue weighted by atomic mass is 32.1. The van der Waals surface area contributed by atoms with Gasteiger partial charge in [0.05, 0.1) is 6.54 Å². The van der Waals surface area contributed by atoms with Crippen LogP contribution in [0.4, 0.5) is 5.13 Å². The SMILES string of the molecule is CC(C)(C)c1ccc(OCCN2CCN(CC(=O)Nc3nccs3)CC2)cc1. The fourth-order valence-corrected chi connectivity index (χ4v) is 3.71. The van der Waals surface area contributed by atoms with E-state index < -0.39 is 0 Å². The van der Waals surface area contributed by atoms with Crippen LogP contribution in [0.1, 0.15) is 26.3 Å². The lowest BCUT2D eigenvalue weighted by molar-refractivity contribution is -0.117. The molecule has 0 aliphatic carbocycles. The van der Waals surface area contributed by atoms with Crippen LogP contribution in [0.5, 0.6) is 5.75 Å². The Balaban J connectivity index is 1.33. The van der Waals surface area contributed by atoms with Crippen molar-refractivity contribution in [3.05, 3.63) is 41.4 Å². The number of carbonyl (C=O) groups is 1. The normalized spacial score (nSPS) is 16.1. The summed E-state index contributed by atoms with van der Waals surface area (Å²) in [4.78, 5) is 20.7. The Bertz CT molecular complexity index is 733. The molecule has 0 radical (unpaired) electrons. The molecule has 28 heavy (non-hydrogen) atoms. The maximum Gasteiger partial charge on any atom is 0.240 e. The third kappa shape index (κ3) is 6.29. The number of nitrogens with one attached hydrogen (secondary N) is 1. The molecule has 1 amide bonds. The van der Waals surface area contributed by atoms with Crippen molar-refractivity contribution in [2.45, 2.75) is 26.2 Å². The molecule has 0 saturated carbocycles. The number of hydrogen-bond acceptors (Lipinski definition) is 6. The highest BCUT2D eigenvalue weighted by Gasteiger charge is 2.19. The monoisotopic (exact) mass is 402 g/mol. The molecule has 1 aliphatic heterocycles. The number of carbonyl (C=O) groups excluding carboxylic acids is 1. The summed E-state index contributed by atoms with van der Waals surface area (Å²) < 4.78 is 5.90. The average Bonchev–Trinajstić information content (AvgIpc) is 3.16. The molecule has 1 aliphatic rings. The number of rotatable bonds is 7. The summed E-state index contributed by atoms with van der Waals surface area (Å²) in [6.07, 6.45) is 1.69. The van der Waals surface area contributed by atoms with E-state index in [0.29, 0.717) is 18.3 Å². The molecule has 0 atom stereocenters. The molecule has 1 saturated heterocycles. The molecule has 0 spiro atoms. The number of piperazine rings is 1. The molecular weight excluding hydrogens is 372 g/mol. The Kier molecular flexibility index (Phi) is 7.04. The summed E-state index contributed by atoms with van der Waals surface area (Å²) in [5, 5.41) is 5.36. The van der Waals surface area contributed by atoms with Gasteiger partial charge in [0, 0.05) is 44.3 Å². The predicted molar refractivity (Wildman–Crippen MR) is 114 cm³/mol. The van der Waals surface area contributed by atoms with Crippen LogP contribution >= 0.6 is 11.3 Å². The van der Waals surface area contributed by atoms with Gasteiger partial charge in [-0.15, -0.1) is 11.3 Å². The zero-order valence-electron chi connectivity index (χ0n) is 17.0. The van der Waals surface area contributed by atoms with Crippen LogP contribution in [0.3, 0.4) is 0 Å². The lowest BCUT2D eigenvalue weighted by Gasteiger charge is -2.34. The van der Waals surface area contributed by atoms with Gasteiger partial charge in [-0.2, -0.15) is 0 Å². The van der Waals surface area contributed by atoms with Gasteiger partial charge >= 0.3 is 0 Å². The van der Waals surface area contributed by atoms with E-state index in [-0.39, 0.29) is 11.3 Å². The Morgan fingerprint density at radius 2 is 1.82 bits per heavy atom. The number of nitrogens with zero attached hydrogens (tertiary/aromatic N) is 3. The lowest BCUT2D eigenvalue weighted by Crippen LogP contribution is -2.49.